The van der Waals surface area contributed by atoms with Crippen LogP contribution in [0.3, 0.4) is 0 Å². The van der Waals surface area contributed by atoms with E-state index in [1.165, 1.54) is 55.6 Å². The maximum absolute atomic E-state index is 13.0. The number of hydrogen-bond acceptors (Lipinski definition) is 9. The first kappa shape index (κ1) is 23.2. The molecule has 2 aromatic carbocycles. The summed E-state index contributed by atoms with van der Waals surface area (Å²) >= 11 is 0. The van der Waals surface area contributed by atoms with Gasteiger partial charge in [0, 0.05) is 17.3 Å². The predicted octanol–water partition coefficient (Wildman–Crippen LogP) is 1.98. The fourth-order valence-corrected chi connectivity index (χ4v) is 4.45. The maximum atomic E-state index is 13.0. The minimum Gasteiger partial charge on any atom is -0.495 e. The van der Waals surface area contributed by atoms with E-state index in [2.05, 4.69) is 9.88 Å². The van der Waals surface area contributed by atoms with Gasteiger partial charge < -0.3 is 14.0 Å². The zero-order chi connectivity index (χ0) is 23.5. The Morgan fingerprint density at radius 3 is 2.38 bits per heavy atom. The van der Waals surface area contributed by atoms with Crippen molar-refractivity contribution in [1.29, 1.82) is 0 Å². The van der Waals surface area contributed by atoms with Crippen molar-refractivity contribution in [2.24, 2.45) is 5.14 Å². The molecule has 0 aliphatic heterocycles. The second kappa shape index (κ2) is 8.98. The van der Waals surface area contributed by atoms with Gasteiger partial charge in [0.05, 0.1) is 18.6 Å². The van der Waals surface area contributed by atoms with E-state index in [4.69, 9.17) is 19.1 Å². The van der Waals surface area contributed by atoms with Crippen molar-refractivity contribution in [3.8, 4) is 17.1 Å². The highest BCUT2D eigenvalue weighted by Gasteiger charge is 2.23. The van der Waals surface area contributed by atoms with Crippen molar-refractivity contribution in [3.05, 3.63) is 54.2 Å². The van der Waals surface area contributed by atoms with Gasteiger partial charge in [0.25, 0.3) is 10.0 Å². The summed E-state index contributed by atoms with van der Waals surface area (Å²) < 4.78 is 66.2. The van der Waals surface area contributed by atoms with Crippen LogP contribution < -0.4 is 14.6 Å². The minimum absolute atomic E-state index is 0.0486. The van der Waals surface area contributed by atoms with Crippen LogP contribution in [0.25, 0.3) is 11.3 Å². The average Bonchev–Trinajstić information content (AvgIpc) is 3.23. The highest BCUT2D eigenvalue weighted by molar-refractivity contribution is 7.92. The number of carbonyl (C=O) groups excluding carboxylic acids is 1. The SMILES string of the molecule is CCOC(=O)c1cc(-c2ccc(OC)c(S(=O)(=O)Nc3ccc(S(N)(=O)=O)cc3)c2)on1. The Bertz CT molecular complexity index is 1350. The van der Waals surface area contributed by atoms with Crippen LogP contribution >= 0.6 is 0 Å². The topological polar surface area (TPSA) is 168 Å². The Hall–Kier alpha value is -3.42. The molecule has 11 nitrogen and oxygen atoms in total. The molecule has 0 amide bonds. The van der Waals surface area contributed by atoms with Crippen LogP contribution in [0.1, 0.15) is 17.4 Å². The molecule has 0 aliphatic rings. The summed E-state index contributed by atoms with van der Waals surface area (Å²) in [5, 5.41) is 8.68. The molecule has 0 fully saturated rings. The number of aromatic nitrogens is 1. The molecule has 3 rings (SSSR count). The number of benzene rings is 2. The number of methoxy groups -OCH3 is 1. The fourth-order valence-electron chi connectivity index (χ4n) is 2.68. The van der Waals surface area contributed by atoms with Crippen LogP contribution in [0.4, 0.5) is 5.69 Å². The second-order valence-electron chi connectivity index (χ2n) is 6.34. The third-order valence-electron chi connectivity index (χ3n) is 4.17. The van der Waals surface area contributed by atoms with Gasteiger partial charge in [-0.3, -0.25) is 4.72 Å². The van der Waals surface area contributed by atoms with Gasteiger partial charge >= 0.3 is 5.97 Å². The van der Waals surface area contributed by atoms with Gasteiger partial charge in [-0.1, -0.05) is 5.16 Å². The average molecular weight is 482 g/mol. The van der Waals surface area contributed by atoms with Gasteiger partial charge in [-0.15, -0.1) is 0 Å². The number of hydrogen-bond donors (Lipinski definition) is 2. The molecule has 0 radical (unpaired) electrons. The fraction of sp³-hybridized carbons (Fsp3) is 0.158. The van der Waals surface area contributed by atoms with Gasteiger partial charge in [0.1, 0.15) is 10.6 Å². The van der Waals surface area contributed by atoms with E-state index in [9.17, 15) is 21.6 Å². The molecule has 3 N–H and O–H groups in total. The van der Waals surface area contributed by atoms with Crippen molar-refractivity contribution < 1.29 is 35.6 Å². The molecule has 32 heavy (non-hydrogen) atoms. The van der Waals surface area contributed by atoms with E-state index in [1.54, 1.807) is 6.92 Å². The summed E-state index contributed by atoms with van der Waals surface area (Å²) in [6, 6.07) is 10.4. The zero-order valence-electron chi connectivity index (χ0n) is 16.9. The number of nitrogens with one attached hydrogen (secondary N) is 1. The van der Waals surface area contributed by atoms with Crippen LogP contribution in [0.5, 0.6) is 5.75 Å². The Morgan fingerprint density at radius 1 is 1.09 bits per heavy atom. The van der Waals surface area contributed by atoms with E-state index in [0.29, 0.717) is 5.56 Å². The number of anilines is 1. The smallest absolute Gasteiger partial charge is 0.360 e. The number of rotatable bonds is 8. The maximum Gasteiger partial charge on any atom is 0.360 e. The van der Waals surface area contributed by atoms with Crippen LogP contribution in [0.2, 0.25) is 0 Å². The Morgan fingerprint density at radius 2 is 1.78 bits per heavy atom. The monoisotopic (exact) mass is 481 g/mol. The lowest BCUT2D eigenvalue weighted by Crippen LogP contribution is -2.15. The van der Waals surface area contributed by atoms with Gasteiger partial charge in [0.15, 0.2) is 11.5 Å². The number of carbonyl (C=O) groups is 1. The number of nitrogens with zero attached hydrogens (tertiary/aromatic N) is 1. The molecule has 0 aliphatic carbocycles. The molecule has 0 bridgehead atoms. The molecule has 0 spiro atoms. The summed E-state index contributed by atoms with van der Waals surface area (Å²) in [5.41, 5.74) is 0.364. The molecule has 170 valence electrons. The molecule has 0 saturated carbocycles. The van der Waals surface area contributed by atoms with E-state index in [-0.39, 0.29) is 39.3 Å². The molecule has 1 aromatic heterocycles. The Kier molecular flexibility index (Phi) is 6.52. The summed E-state index contributed by atoms with van der Waals surface area (Å²) in [4.78, 5) is 11.4. The Balaban J connectivity index is 1.95. The molecule has 3 aromatic rings. The minimum atomic E-state index is -4.16. The third kappa shape index (κ3) is 5.07. The number of esters is 1. The first-order chi connectivity index (χ1) is 15.0. The lowest BCUT2D eigenvalue weighted by molar-refractivity contribution is 0.0514. The number of sulfonamides is 2. The molecular weight excluding hydrogens is 462 g/mol. The lowest BCUT2D eigenvalue weighted by Gasteiger charge is -2.13. The highest BCUT2D eigenvalue weighted by atomic mass is 32.2. The number of ether oxygens (including phenoxy) is 2. The lowest BCUT2D eigenvalue weighted by atomic mass is 10.1. The van der Waals surface area contributed by atoms with Gasteiger partial charge in [-0.05, 0) is 49.4 Å². The van der Waals surface area contributed by atoms with E-state index >= 15 is 0 Å². The Labute approximate surface area is 184 Å². The van der Waals surface area contributed by atoms with Crippen LogP contribution in [0, 0.1) is 0 Å². The van der Waals surface area contributed by atoms with E-state index in [0.717, 1.165) is 0 Å². The molecule has 1 heterocycles. The van der Waals surface area contributed by atoms with E-state index < -0.39 is 26.0 Å². The summed E-state index contributed by atoms with van der Waals surface area (Å²) in [7, 11) is -6.77. The quantitative estimate of drug-likeness (QED) is 0.457. The van der Waals surface area contributed by atoms with Crippen molar-refractivity contribution in [3.63, 3.8) is 0 Å². The van der Waals surface area contributed by atoms with Crippen molar-refractivity contribution in [2.45, 2.75) is 16.7 Å². The van der Waals surface area contributed by atoms with Gasteiger partial charge in [-0.2, -0.15) is 0 Å². The summed E-state index contributed by atoms with van der Waals surface area (Å²) in [6.45, 7) is 1.81. The molecular formula is C19H19N3O8S2. The van der Waals surface area contributed by atoms with Crippen molar-refractivity contribution in [2.75, 3.05) is 18.4 Å². The first-order valence-electron chi connectivity index (χ1n) is 9.03. The van der Waals surface area contributed by atoms with Crippen LogP contribution in [-0.2, 0) is 24.8 Å². The summed E-state index contributed by atoms with van der Waals surface area (Å²) in [5.74, 6) is -0.481. The normalized spacial score (nSPS) is 11.7. The third-order valence-corrected chi connectivity index (χ3v) is 6.50. The number of primary sulfonamides is 1. The largest absolute Gasteiger partial charge is 0.495 e. The van der Waals surface area contributed by atoms with Crippen molar-refractivity contribution >= 4 is 31.7 Å². The number of nitrogens with two attached hydrogens (primary N) is 1. The van der Waals surface area contributed by atoms with Gasteiger partial charge in [-0.25, -0.2) is 26.8 Å². The van der Waals surface area contributed by atoms with Crippen LogP contribution in [0.15, 0.2) is 62.8 Å². The predicted molar refractivity (Wildman–Crippen MR) is 113 cm³/mol. The molecule has 0 atom stereocenters. The standard InChI is InChI=1S/C19H19N3O8S2/c1-3-29-19(23)15-11-17(30-21-15)12-4-9-16(28-2)18(10-12)32(26,27)22-13-5-7-14(8-6-13)31(20,24)25/h4-11,22H,3H2,1-2H3,(H2,20,24,25). The van der Waals surface area contributed by atoms with Gasteiger partial charge in [0.2, 0.25) is 10.0 Å². The second-order valence-corrected chi connectivity index (χ2v) is 9.55. The highest BCUT2D eigenvalue weighted by Crippen LogP contribution is 2.31. The molecule has 13 heteroatoms. The zero-order valence-corrected chi connectivity index (χ0v) is 18.6. The summed E-state index contributed by atoms with van der Waals surface area (Å²) in [6.07, 6.45) is 0. The van der Waals surface area contributed by atoms with E-state index in [1.807, 2.05) is 0 Å². The molecule has 0 saturated heterocycles. The molecule has 0 unspecified atom stereocenters. The van der Waals surface area contributed by atoms with Crippen molar-refractivity contribution in [1.82, 2.24) is 5.16 Å². The van der Waals surface area contributed by atoms with Crippen LogP contribution in [-0.4, -0.2) is 41.7 Å². The first-order valence-corrected chi connectivity index (χ1v) is 12.1.